The standard InChI is InChI=1S/C12H22N/c1-2-6-10-13(11-7-3-1)12-8-4-5-9-12/h4,12H,1-3,5-11H2. The second-order valence-electron chi connectivity index (χ2n) is 4.56. The first-order valence-electron chi connectivity index (χ1n) is 6.02. The van der Waals surface area contributed by atoms with Gasteiger partial charge in [-0.05, 0) is 51.6 Å². The minimum atomic E-state index is 0.915. The molecule has 13 heavy (non-hydrogen) atoms. The van der Waals surface area contributed by atoms with Crippen LogP contribution < -0.4 is 0 Å². The Morgan fingerprint density at radius 1 is 0.923 bits per heavy atom. The van der Waals surface area contributed by atoms with Crippen LogP contribution in [0.25, 0.3) is 0 Å². The molecule has 75 valence electrons. The van der Waals surface area contributed by atoms with Crippen molar-refractivity contribution in [3.8, 4) is 0 Å². The van der Waals surface area contributed by atoms with Crippen LogP contribution in [0.4, 0.5) is 0 Å². The molecule has 0 aromatic heterocycles. The molecule has 1 unspecified atom stereocenters. The Morgan fingerprint density at radius 2 is 1.62 bits per heavy atom. The average molecular weight is 180 g/mol. The minimum absolute atomic E-state index is 0.915. The third-order valence-electron chi connectivity index (χ3n) is 3.55. The molecule has 0 aromatic rings. The van der Waals surface area contributed by atoms with Crippen molar-refractivity contribution in [3.05, 3.63) is 6.42 Å². The van der Waals surface area contributed by atoms with Crippen molar-refractivity contribution >= 4 is 0 Å². The van der Waals surface area contributed by atoms with Crippen LogP contribution in [0.5, 0.6) is 0 Å². The number of hydrogen-bond donors (Lipinski definition) is 0. The number of hydrogen-bond acceptors (Lipinski definition) is 1. The Bertz CT molecular complexity index is 130. The second kappa shape index (κ2) is 4.99. The lowest BCUT2D eigenvalue weighted by Gasteiger charge is -2.30. The topological polar surface area (TPSA) is 3.24 Å². The van der Waals surface area contributed by atoms with Gasteiger partial charge in [0.15, 0.2) is 0 Å². The van der Waals surface area contributed by atoms with Crippen LogP contribution in [0, 0.1) is 6.42 Å². The van der Waals surface area contributed by atoms with Crippen LogP contribution in [0.3, 0.4) is 0 Å². The fourth-order valence-electron chi connectivity index (χ4n) is 2.71. The van der Waals surface area contributed by atoms with Gasteiger partial charge < -0.3 is 4.90 Å². The molecular formula is C12H22N. The largest absolute Gasteiger partial charge is 0.300 e. The first kappa shape index (κ1) is 9.51. The lowest BCUT2D eigenvalue weighted by molar-refractivity contribution is 0.183. The molecule has 1 heterocycles. The second-order valence-corrected chi connectivity index (χ2v) is 4.56. The van der Waals surface area contributed by atoms with Crippen molar-refractivity contribution in [2.75, 3.05) is 13.1 Å². The average Bonchev–Trinajstić information content (AvgIpc) is 2.55. The van der Waals surface area contributed by atoms with Gasteiger partial charge in [0.1, 0.15) is 0 Å². The molecule has 2 aliphatic rings. The normalized spacial score (nSPS) is 28.6. The van der Waals surface area contributed by atoms with Crippen molar-refractivity contribution in [2.45, 2.75) is 57.4 Å². The number of rotatable bonds is 1. The molecule has 1 radical (unpaired) electrons. The van der Waals surface area contributed by atoms with E-state index in [2.05, 4.69) is 11.3 Å². The van der Waals surface area contributed by atoms with Crippen molar-refractivity contribution in [1.29, 1.82) is 0 Å². The lowest BCUT2D eigenvalue weighted by Crippen LogP contribution is -2.35. The fourth-order valence-corrected chi connectivity index (χ4v) is 2.71. The molecule has 1 atom stereocenters. The highest BCUT2D eigenvalue weighted by molar-refractivity contribution is 4.87. The summed E-state index contributed by atoms with van der Waals surface area (Å²) >= 11 is 0. The lowest BCUT2D eigenvalue weighted by atomic mass is 10.1. The third-order valence-corrected chi connectivity index (χ3v) is 3.55. The van der Waals surface area contributed by atoms with Crippen LogP contribution >= 0.6 is 0 Å². The third kappa shape index (κ3) is 2.70. The summed E-state index contributed by atoms with van der Waals surface area (Å²) in [6, 6.07) is 0.915. The van der Waals surface area contributed by atoms with E-state index in [1.807, 2.05) is 0 Å². The van der Waals surface area contributed by atoms with Gasteiger partial charge in [0.05, 0.1) is 0 Å². The molecule has 1 aliphatic heterocycles. The molecule has 0 N–H and O–H groups in total. The Balaban J connectivity index is 1.80. The Morgan fingerprint density at radius 3 is 2.23 bits per heavy atom. The Labute approximate surface area is 82.5 Å². The van der Waals surface area contributed by atoms with Crippen molar-refractivity contribution in [2.24, 2.45) is 0 Å². The number of likely N-dealkylation sites (tertiary alicyclic amines) is 1. The smallest absolute Gasteiger partial charge is 0.00981 e. The van der Waals surface area contributed by atoms with E-state index in [4.69, 9.17) is 0 Å². The molecule has 0 spiro atoms. The molecule has 1 nitrogen and oxygen atoms in total. The van der Waals surface area contributed by atoms with Gasteiger partial charge in [-0.1, -0.05) is 19.3 Å². The van der Waals surface area contributed by atoms with Crippen molar-refractivity contribution in [1.82, 2.24) is 4.90 Å². The van der Waals surface area contributed by atoms with Gasteiger partial charge in [0, 0.05) is 6.04 Å². The molecule has 1 saturated heterocycles. The van der Waals surface area contributed by atoms with Gasteiger partial charge in [0.25, 0.3) is 0 Å². The zero-order valence-electron chi connectivity index (χ0n) is 8.67. The highest BCUT2D eigenvalue weighted by atomic mass is 15.2. The zero-order valence-corrected chi connectivity index (χ0v) is 8.67. The predicted octanol–water partition coefficient (Wildman–Crippen LogP) is 3.01. The fraction of sp³-hybridized carbons (Fsp3) is 0.917. The van der Waals surface area contributed by atoms with E-state index < -0.39 is 0 Å². The first-order chi connectivity index (χ1) is 6.47. The molecule has 1 aliphatic carbocycles. The summed E-state index contributed by atoms with van der Waals surface area (Å²) in [4.78, 5) is 2.75. The molecule has 2 fully saturated rings. The summed E-state index contributed by atoms with van der Waals surface area (Å²) in [5.74, 6) is 0. The zero-order chi connectivity index (χ0) is 8.93. The summed E-state index contributed by atoms with van der Waals surface area (Å²) in [6.07, 6.45) is 13.9. The van der Waals surface area contributed by atoms with E-state index in [1.165, 1.54) is 64.5 Å². The molecule has 0 amide bonds. The summed E-state index contributed by atoms with van der Waals surface area (Å²) in [7, 11) is 0. The van der Waals surface area contributed by atoms with Gasteiger partial charge in [-0.15, -0.1) is 0 Å². The summed E-state index contributed by atoms with van der Waals surface area (Å²) in [6.45, 7) is 2.75. The molecule has 2 rings (SSSR count). The van der Waals surface area contributed by atoms with Crippen LogP contribution in [-0.2, 0) is 0 Å². The monoisotopic (exact) mass is 180 g/mol. The predicted molar refractivity (Wildman–Crippen MR) is 56.6 cm³/mol. The van der Waals surface area contributed by atoms with E-state index in [0.29, 0.717) is 0 Å². The SMILES string of the molecule is [CH]1CCC(N2CCCCCCC2)C1. The van der Waals surface area contributed by atoms with Crippen LogP contribution in [0.1, 0.15) is 51.4 Å². The Kier molecular flexibility index (Phi) is 3.65. The van der Waals surface area contributed by atoms with Crippen LogP contribution in [-0.4, -0.2) is 24.0 Å². The van der Waals surface area contributed by atoms with Crippen molar-refractivity contribution < 1.29 is 0 Å². The number of nitrogens with zero attached hydrogens (tertiary/aromatic N) is 1. The summed E-state index contributed by atoms with van der Waals surface area (Å²) in [5.41, 5.74) is 0. The molecule has 0 aromatic carbocycles. The molecular weight excluding hydrogens is 158 g/mol. The van der Waals surface area contributed by atoms with E-state index in [1.54, 1.807) is 0 Å². The van der Waals surface area contributed by atoms with Crippen LogP contribution in [0.2, 0.25) is 0 Å². The quantitative estimate of drug-likeness (QED) is 0.599. The van der Waals surface area contributed by atoms with E-state index in [0.717, 1.165) is 6.04 Å². The minimum Gasteiger partial charge on any atom is -0.300 e. The highest BCUT2D eigenvalue weighted by Crippen LogP contribution is 2.24. The van der Waals surface area contributed by atoms with Crippen LogP contribution in [0.15, 0.2) is 0 Å². The molecule has 1 saturated carbocycles. The Hall–Kier alpha value is -0.0400. The maximum absolute atomic E-state index is 2.75. The van der Waals surface area contributed by atoms with Gasteiger partial charge in [-0.25, -0.2) is 0 Å². The molecule has 1 heteroatoms. The van der Waals surface area contributed by atoms with Gasteiger partial charge >= 0.3 is 0 Å². The van der Waals surface area contributed by atoms with Gasteiger partial charge in [0.2, 0.25) is 0 Å². The summed E-state index contributed by atoms with van der Waals surface area (Å²) in [5, 5.41) is 0. The maximum Gasteiger partial charge on any atom is 0.00981 e. The van der Waals surface area contributed by atoms with Gasteiger partial charge in [-0.2, -0.15) is 0 Å². The summed E-state index contributed by atoms with van der Waals surface area (Å²) < 4.78 is 0. The maximum atomic E-state index is 2.75. The van der Waals surface area contributed by atoms with Crippen molar-refractivity contribution in [3.63, 3.8) is 0 Å². The molecule has 0 bridgehead atoms. The first-order valence-corrected chi connectivity index (χ1v) is 6.02. The van der Waals surface area contributed by atoms with Gasteiger partial charge in [-0.3, -0.25) is 0 Å². The highest BCUT2D eigenvalue weighted by Gasteiger charge is 2.22. The van der Waals surface area contributed by atoms with E-state index in [9.17, 15) is 0 Å². The van der Waals surface area contributed by atoms with E-state index >= 15 is 0 Å². The van der Waals surface area contributed by atoms with E-state index in [-0.39, 0.29) is 0 Å².